The van der Waals surface area contributed by atoms with Gasteiger partial charge in [-0.2, -0.15) is 5.26 Å². The smallest absolute Gasteiger partial charge is 0.356 e. The molecule has 1 atom stereocenters. The summed E-state index contributed by atoms with van der Waals surface area (Å²) in [5.41, 5.74) is 2.84. The fourth-order valence-corrected chi connectivity index (χ4v) is 5.83. The number of nitriles is 1. The highest BCUT2D eigenvalue weighted by atomic mass is 19.1. The molecule has 0 radical (unpaired) electrons. The molecule has 2 N–H and O–H groups in total. The van der Waals surface area contributed by atoms with Gasteiger partial charge in [-0.3, -0.25) is 4.90 Å². The van der Waals surface area contributed by atoms with Crippen molar-refractivity contribution in [3.8, 4) is 6.07 Å². The summed E-state index contributed by atoms with van der Waals surface area (Å²) in [4.78, 5) is 22.0. The van der Waals surface area contributed by atoms with Crippen LogP contribution in [0.2, 0.25) is 0 Å². The van der Waals surface area contributed by atoms with Crippen molar-refractivity contribution in [3.63, 3.8) is 0 Å². The lowest BCUT2D eigenvalue weighted by molar-refractivity contribution is 0.0594. The number of aromatic nitrogens is 1. The van der Waals surface area contributed by atoms with Gasteiger partial charge in [0.1, 0.15) is 11.6 Å². The minimum atomic E-state index is -0.541. The van der Waals surface area contributed by atoms with Gasteiger partial charge in [0.15, 0.2) is 5.69 Å². The van der Waals surface area contributed by atoms with Crippen molar-refractivity contribution in [2.24, 2.45) is 11.8 Å². The van der Waals surface area contributed by atoms with Crippen molar-refractivity contribution in [3.05, 3.63) is 47.4 Å². The number of esters is 1. The topological polar surface area (TPSA) is 105 Å². The molecule has 2 aromatic rings. The minimum Gasteiger partial charge on any atom is -0.464 e. The van der Waals surface area contributed by atoms with Gasteiger partial charge in [0.2, 0.25) is 0 Å². The number of halogens is 1. The molecule has 1 unspecified atom stereocenters. The molecule has 200 valence electrons. The van der Waals surface area contributed by atoms with Crippen molar-refractivity contribution in [2.75, 3.05) is 43.5 Å². The number of nitrogens with zero attached hydrogens (tertiary/aromatic N) is 4. The molecule has 38 heavy (non-hydrogen) atoms. The number of hydrogen-bond donors (Lipinski definition) is 2. The first-order valence-corrected chi connectivity index (χ1v) is 13.6. The minimum absolute atomic E-state index is 0.110. The Balaban J connectivity index is 1.47. The highest BCUT2D eigenvalue weighted by Crippen LogP contribution is 2.38. The van der Waals surface area contributed by atoms with Crippen LogP contribution in [0.1, 0.15) is 61.0 Å². The van der Waals surface area contributed by atoms with E-state index in [4.69, 9.17) is 10.1 Å². The monoisotopic (exact) mass is 518 g/mol. The van der Waals surface area contributed by atoms with E-state index in [0.717, 1.165) is 76.8 Å². The molecule has 5 rings (SSSR count). The van der Waals surface area contributed by atoms with E-state index in [1.165, 1.54) is 19.2 Å². The third-order valence-corrected chi connectivity index (χ3v) is 8.24. The van der Waals surface area contributed by atoms with Gasteiger partial charge < -0.3 is 20.4 Å². The van der Waals surface area contributed by atoms with E-state index in [0.29, 0.717) is 28.8 Å². The normalized spacial score (nSPS) is 20.9. The van der Waals surface area contributed by atoms with Gasteiger partial charge >= 0.3 is 5.97 Å². The maximum absolute atomic E-state index is 13.6. The van der Waals surface area contributed by atoms with E-state index < -0.39 is 5.97 Å². The Labute approximate surface area is 223 Å². The Hall–Kier alpha value is -3.51. The summed E-state index contributed by atoms with van der Waals surface area (Å²) >= 11 is 0. The number of benzene rings is 1. The van der Waals surface area contributed by atoms with Crippen LogP contribution in [0.25, 0.3) is 0 Å². The van der Waals surface area contributed by atoms with Crippen molar-refractivity contribution >= 4 is 28.9 Å². The molecular weight excluding hydrogens is 483 g/mol. The summed E-state index contributed by atoms with van der Waals surface area (Å²) < 4.78 is 18.6. The van der Waals surface area contributed by atoms with Gasteiger partial charge in [0, 0.05) is 43.0 Å². The summed E-state index contributed by atoms with van der Waals surface area (Å²) in [6.07, 6.45) is 6.97. The second kappa shape index (κ2) is 11.5. The second-order valence-electron chi connectivity index (χ2n) is 10.6. The molecule has 1 aromatic heterocycles. The molecular formula is C29H35FN6O2. The van der Waals surface area contributed by atoms with E-state index in [9.17, 15) is 14.4 Å². The number of piperidine rings is 2. The predicted octanol–water partition coefficient (Wildman–Crippen LogP) is 5.12. The Morgan fingerprint density at radius 2 is 1.87 bits per heavy atom. The molecule has 9 heteroatoms. The number of rotatable bonds is 7. The highest BCUT2D eigenvalue weighted by Gasteiger charge is 2.33. The average Bonchev–Trinajstić information content (AvgIpc) is 2.92. The number of methoxy groups -OCH3 is 1. The fourth-order valence-electron chi connectivity index (χ4n) is 5.83. The maximum atomic E-state index is 13.6. The van der Waals surface area contributed by atoms with Crippen LogP contribution in [-0.2, 0) is 4.74 Å². The third kappa shape index (κ3) is 5.51. The average molecular weight is 519 g/mol. The van der Waals surface area contributed by atoms with Gasteiger partial charge in [0.25, 0.3) is 0 Å². The Kier molecular flexibility index (Phi) is 7.89. The Morgan fingerprint density at radius 3 is 2.50 bits per heavy atom. The van der Waals surface area contributed by atoms with E-state index in [1.54, 1.807) is 18.2 Å². The molecule has 1 saturated carbocycles. The molecule has 8 nitrogen and oxygen atoms in total. The summed E-state index contributed by atoms with van der Waals surface area (Å²) in [6, 6.07) is 10.6. The number of likely N-dealkylation sites (tertiary alicyclic amines) is 1. The van der Waals surface area contributed by atoms with Crippen LogP contribution in [0.15, 0.2) is 30.3 Å². The van der Waals surface area contributed by atoms with Gasteiger partial charge in [-0.15, -0.1) is 0 Å². The van der Waals surface area contributed by atoms with Gasteiger partial charge in [-0.1, -0.05) is 6.42 Å². The van der Waals surface area contributed by atoms with E-state index >= 15 is 0 Å². The lowest BCUT2D eigenvalue weighted by Crippen LogP contribution is -2.48. The van der Waals surface area contributed by atoms with Gasteiger partial charge in [-0.25, -0.2) is 14.2 Å². The van der Waals surface area contributed by atoms with Crippen molar-refractivity contribution in [2.45, 2.75) is 51.0 Å². The lowest BCUT2D eigenvalue weighted by Gasteiger charge is -2.42. The van der Waals surface area contributed by atoms with Crippen LogP contribution in [-0.4, -0.2) is 60.9 Å². The van der Waals surface area contributed by atoms with Crippen molar-refractivity contribution in [1.82, 2.24) is 9.88 Å². The zero-order valence-electron chi connectivity index (χ0n) is 21.9. The van der Waals surface area contributed by atoms with Crippen molar-refractivity contribution < 1.29 is 13.9 Å². The maximum Gasteiger partial charge on any atom is 0.356 e. The molecule has 3 fully saturated rings. The van der Waals surface area contributed by atoms with Crippen LogP contribution in [0.3, 0.4) is 0 Å². The van der Waals surface area contributed by atoms with Crippen LogP contribution in [0.4, 0.5) is 21.6 Å². The fraction of sp³-hybridized carbons (Fsp3) is 0.517. The summed E-state index contributed by atoms with van der Waals surface area (Å²) in [6.45, 7) is 3.44. The molecule has 1 aromatic carbocycles. The van der Waals surface area contributed by atoms with E-state index in [2.05, 4.69) is 26.2 Å². The molecule has 1 aliphatic carbocycles. The van der Waals surface area contributed by atoms with E-state index in [1.807, 2.05) is 0 Å². The zero-order chi connectivity index (χ0) is 26.6. The Morgan fingerprint density at radius 1 is 1.13 bits per heavy atom. The largest absolute Gasteiger partial charge is 0.464 e. The standard InChI is InChI=1S/C29H35FN6O2/c1-38-29(37)24-16-25(35-14-11-23(12-15-35)36-13-3-4-19(17-31)18-36)26(27(32)20-5-2-6-20)28(34-24)33-22-9-7-21(30)8-10-22/h7-10,16,19-20,23,32H,2-6,11-15,18H2,1H3,(H,33,34). The SMILES string of the molecule is COC(=O)c1cc(N2CCC(N3CCCC(C#N)C3)CC2)c(C(=N)C2CCC2)c(Nc2ccc(F)cc2)n1. The quantitative estimate of drug-likeness (QED) is 0.387. The number of carbonyl (C=O) groups is 1. The molecule has 3 aliphatic rings. The molecule has 2 saturated heterocycles. The molecule has 0 bridgehead atoms. The van der Waals surface area contributed by atoms with Crippen LogP contribution >= 0.6 is 0 Å². The van der Waals surface area contributed by atoms with Crippen LogP contribution in [0, 0.1) is 34.4 Å². The molecule has 3 heterocycles. The van der Waals surface area contributed by atoms with Crippen molar-refractivity contribution in [1.29, 1.82) is 10.7 Å². The van der Waals surface area contributed by atoms with E-state index in [-0.39, 0.29) is 23.3 Å². The summed E-state index contributed by atoms with van der Waals surface area (Å²) in [7, 11) is 1.33. The summed E-state index contributed by atoms with van der Waals surface area (Å²) in [5, 5.41) is 21.8. The first-order chi connectivity index (χ1) is 18.5. The lowest BCUT2D eigenvalue weighted by atomic mass is 9.79. The van der Waals surface area contributed by atoms with Gasteiger partial charge in [0.05, 0.1) is 30.3 Å². The summed E-state index contributed by atoms with van der Waals surface area (Å²) in [5.74, 6) is -0.198. The third-order valence-electron chi connectivity index (χ3n) is 8.24. The molecule has 0 amide bonds. The van der Waals surface area contributed by atoms with Crippen LogP contribution < -0.4 is 10.2 Å². The molecule has 0 spiro atoms. The Bertz CT molecular complexity index is 1210. The highest BCUT2D eigenvalue weighted by molar-refractivity contribution is 6.10. The van der Waals surface area contributed by atoms with Crippen LogP contribution in [0.5, 0.6) is 0 Å². The first kappa shape index (κ1) is 26.1. The number of pyridine rings is 1. The van der Waals surface area contributed by atoms with Gasteiger partial charge in [-0.05, 0) is 75.4 Å². The number of nitrogens with one attached hydrogen (secondary N) is 2. The second-order valence-corrected chi connectivity index (χ2v) is 10.6. The molecule has 2 aliphatic heterocycles. The predicted molar refractivity (Wildman–Crippen MR) is 145 cm³/mol. The number of ether oxygens (including phenoxy) is 1. The first-order valence-electron chi connectivity index (χ1n) is 13.6. The zero-order valence-corrected chi connectivity index (χ0v) is 21.9. The number of carbonyl (C=O) groups excluding carboxylic acids is 1. The number of anilines is 3. The number of hydrogen-bond acceptors (Lipinski definition) is 8.